The van der Waals surface area contributed by atoms with Crippen molar-refractivity contribution in [1.29, 1.82) is 0 Å². The van der Waals surface area contributed by atoms with Gasteiger partial charge >= 0.3 is 6.03 Å². The third-order valence-electron chi connectivity index (χ3n) is 8.89. The number of ether oxygens (including phenoxy) is 1. The number of β-amino-alcohol motifs (C(OH)–C–C–N with tert-alkyl or cyclic N) is 1. The number of carbonyl (C=O) groups is 1. The van der Waals surface area contributed by atoms with Crippen molar-refractivity contribution in [3.8, 4) is 5.75 Å². The minimum atomic E-state index is -0.779. The normalized spacial score (nSPS) is 27.2. The quantitative estimate of drug-likeness (QED) is 0.535. The molecule has 0 unspecified atom stereocenters. The van der Waals surface area contributed by atoms with Gasteiger partial charge in [-0.15, -0.1) is 0 Å². The molecule has 3 aliphatic rings. The van der Waals surface area contributed by atoms with Gasteiger partial charge in [-0.2, -0.15) is 0 Å². The van der Waals surface area contributed by atoms with E-state index in [1.54, 1.807) is 7.11 Å². The molecule has 1 spiro atoms. The van der Waals surface area contributed by atoms with Crippen LogP contribution in [0.2, 0.25) is 0 Å². The van der Waals surface area contributed by atoms with Crippen molar-refractivity contribution in [3.05, 3.63) is 59.7 Å². The lowest BCUT2D eigenvalue weighted by atomic mass is 9.68. The number of nitrogens with zero attached hydrogens (tertiary/aromatic N) is 3. The first-order valence-electron chi connectivity index (χ1n) is 13.0. The number of urea groups is 1. The number of aliphatic hydroxyl groups is 1. The molecule has 192 valence electrons. The Morgan fingerprint density at radius 3 is 2.39 bits per heavy atom. The van der Waals surface area contributed by atoms with Crippen molar-refractivity contribution in [2.24, 2.45) is 4.99 Å². The number of amides is 2. The largest absolute Gasteiger partial charge is 0.495 e. The first-order chi connectivity index (χ1) is 17.4. The molecule has 0 bridgehead atoms. The Morgan fingerprint density at radius 1 is 1.08 bits per heavy atom. The molecule has 1 heterocycles. The van der Waals surface area contributed by atoms with Gasteiger partial charge in [0.25, 0.3) is 0 Å². The molecule has 7 nitrogen and oxygen atoms in total. The Labute approximate surface area is 214 Å². The summed E-state index contributed by atoms with van der Waals surface area (Å²) in [6.45, 7) is 5.07. The van der Waals surface area contributed by atoms with Crippen LogP contribution in [0.15, 0.2) is 53.5 Å². The van der Waals surface area contributed by atoms with Crippen molar-refractivity contribution >= 4 is 18.4 Å². The molecular weight excluding hydrogens is 452 g/mol. The Balaban J connectivity index is 1.47. The maximum Gasteiger partial charge on any atom is 0.325 e. The zero-order valence-corrected chi connectivity index (χ0v) is 21.5. The standard InChI is InChI=1S/C29H38N4O3/c1-30-19-22-10-11-24(25(18-22)36-3)32-20-27(33(26(32)34)21-28(35)12-7-13-28)14-16-29(31-2,17-15-27)23-8-5-4-6-9-23/h4-6,8-11,18,31,35H,1,7,12-17,19-21H2,2-3H3. The predicted octanol–water partition coefficient (Wildman–Crippen LogP) is 4.48. The summed E-state index contributed by atoms with van der Waals surface area (Å²) >= 11 is 0. The average molecular weight is 491 g/mol. The van der Waals surface area contributed by atoms with Gasteiger partial charge in [0.1, 0.15) is 5.75 Å². The molecule has 2 aromatic carbocycles. The monoisotopic (exact) mass is 490 g/mol. The van der Waals surface area contributed by atoms with E-state index in [0.29, 0.717) is 25.4 Å². The highest BCUT2D eigenvalue weighted by atomic mass is 16.5. The second-order valence-corrected chi connectivity index (χ2v) is 10.8. The number of carbonyl (C=O) groups excluding carboxylic acids is 1. The van der Waals surface area contributed by atoms with Gasteiger partial charge in [-0.1, -0.05) is 36.4 Å². The average Bonchev–Trinajstić information content (AvgIpc) is 3.15. The summed E-state index contributed by atoms with van der Waals surface area (Å²) in [6.07, 6.45) is 6.09. The molecule has 1 aliphatic heterocycles. The van der Waals surface area contributed by atoms with Gasteiger partial charge in [-0.3, -0.25) is 9.89 Å². The van der Waals surface area contributed by atoms with Crippen LogP contribution >= 0.6 is 0 Å². The second kappa shape index (κ2) is 9.52. The summed E-state index contributed by atoms with van der Waals surface area (Å²) in [5, 5.41) is 14.7. The maximum absolute atomic E-state index is 14.0. The van der Waals surface area contributed by atoms with Crippen molar-refractivity contribution < 1.29 is 14.6 Å². The zero-order valence-electron chi connectivity index (χ0n) is 21.5. The van der Waals surface area contributed by atoms with Crippen molar-refractivity contribution in [2.45, 2.75) is 68.2 Å². The minimum absolute atomic E-state index is 0.0418. The van der Waals surface area contributed by atoms with Crippen LogP contribution in [0.25, 0.3) is 0 Å². The SMILES string of the molecule is C=NCc1ccc(N2CC3(CCC(NC)(c4ccccc4)CC3)N(CC3(O)CCC3)C2=O)c(OC)c1. The van der Waals surface area contributed by atoms with Gasteiger partial charge in [0.05, 0.1) is 43.6 Å². The predicted molar refractivity (Wildman–Crippen MR) is 143 cm³/mol. The van der Waals surface area contributed by atoms with Crippen LogP contribution < -0.4 is 15.0 Å². The van der Waals surface area contributed by atoms with Gasteiger partial charge in [0, 0.05) is 5.54 Å². The number of rotatable bonds is 8. The molecule has 7 heteroatoms. The highest BCUT2D eigenvalue weighted by Crippen LogP contribution is 2.49. The van der Waals surface area contributed by atoms with E-state index in [1.807, 2.05) is 35.0 Å². The third kappa shape index (κ3) is 4.18. The highest BCUT2D eigenvalue weighted by molar-refractivity contribution is 5.97. The Hall–Kier alpha value is -2.90. The zero-order chi connectivity index (χ0) is 25.4. The molecular formula is C29H38N4O3. The van der Waals surface area contributed by atoms with Crippen LogP contribution in [0, 0.1) is 0 Å². The van der Waals surface area contributed by atoms with Crippen LogP contribution in [-0.4, -0.2) is 61.1 Å². The molecule has 0 aromatic heterocycles. The maximum atomic E-state index is 14.0. The Morgan fingerprint density at radius 2 is 1.81 bits per heavy atom. The lowest BCUT2D eigenvalue weighted by molar-refractivity contribution is -0.0690. The van der Waals surface area contributed by atoms with Gasteiger partial charge in [0.2, 0.25) is 0 Å². The third-order valence-corrected chi connectivity index (χ3v) is 8.89. The fourth-order valence-corrected chi connectivity index (χ4v) is 6.44. The molecule has 36 heavy (non-hydrogen) atoms. The van der Waals surface area contributed by atoms with E-state index in [2.05, 4.69) is 47.4 Å². The van der Waals surface area contributed by atoms with Crippen LogP contribution in [-0.2, 0) is 12.1 Å². The number of hydrogen-bond donors (Lipinski definition) is 2. The first kappa shape index (κ1) is 24.8. The summed E-state index contributed by atoms with van der Waals surface area (Å²) in [6, 6.07) is 16.5. The Kier molecular flexibility index (Phi) is 6.55. The number of nitrogens with one attached hydrogen (secondary N) is 1. The van der Waals surface area contributed by atoms with Crippen LogP contribution in [0.3, 0.4) is 0 Å². The summed E-state index contributed by atoms with van der Waals surface area (Å²) in [5.41, 5.74) is 1.83. The topological polar surface area (TPSA) is 77.4 Å². The second-order valence-electron chi connectivity index (χ2n) is 10.8. The van der Waals surface area contributed by atoms with Gasteiger partial charge in [0.15, 0.2) is 0 Å². The number of aliphatic imine (C=N–C) groups is 1. The van der Waals surface area contributed by atoms with Crippen LogP contribution in [0.4, 0.5) is 10.5 Å². The first-order valence-corrected chi connectivity index (χ1v) is 13.0. The van der Waals surface area contributed by atoms with Crippen molar-refractivity contribution in [3.63, 3.8) is 0 Å². The summed E-state index contributed by atoms with van der Waals surface area (Å²) < 4.78 is 5.71. The molecule has 2 saturated carbocycles. The molecule has 2 amide bonds. The van der Waals surface area contributed by atoms with E-state index in [1.165, 1.54) is 5.56 Å². The molecule has 0 radical (unpaired) electrons. The van der Waals surface area contributed by atoms with E-state index in [9.17, 15) is 9.90 Å². The van der Waals surface area contributed by atoms with Gasteiger partial charge in [-0.05, 0) is 82.0 Å². The summed E-state index contributed by atoms with van der Waals surface area (Å²) in [5.74, 6) is 0.661. The lowest BCUT2D eigenvalue weighted by Crippen LogP contribution is -2.59. The van der Waals surface area contributed by atoms with Crippen molar-refractivity contribution in [1.82, 2.24) is 10.2 Å². The van der Waals surface area contributed by atoms with E-state index >= 15 is 0 Å². The fraction of sp³-hybridized carbons (Fsp3) is 0.517. The minimum Gasteiger partial charge on any atom is -0.495 e. The molecule has 2 aliphatic carbocycles. The Bertz CT molecular complexity index is 1110. The van der Waals surface area contributed by atoms with E-state index in [4.69, 9.17) is 4.74 Å². The van der Waals surface area contributed by atoms with Gasteiger partial charge < -0.3 is 20.1 Å². The number of anilines is 1. The van der Waals surface area contributed by atoms with Crippen molar-refractivity contribution in [2.75, 3.05) is 32.1 Å². The van der Waals surface area contributed by atoms with Crippen LogP contribution in [0.1, 0.15) is 56.1 Å². The van der Waals surface area contributed by atoms with E-state index < -0.39 is 5.60 Å². The number of hydrogen-bond acceptors (Lipinski definition) is 5. The number of benzene rings is 2. The highest BCUT2D eigenvalue weighted by Gasteiger charge is 2.56. The summed E-state index contributed by atoms with van der Waals surface area (Å²) in [7, 11) is 3.67. The molecule has 0 atom stereocenters. The van der Waals surface area contributed by atoms with E-state index in [0.717, 1.165) is 56.2 Å². The smallest absolute Gasteiger partial charge is 0.325 e. The van der Waals surface area contributed by atoms with Crippen LogP contribution in [0.5, 0.6) is 5.75 Å². The molecule has 1 saturated heterocycles. The summed E-state index contributed by atoms with van der Waals surface area (Å²) in [4.78, 5) is 21.9. The fourth-order valence-electron chi connectivity index (χ4n) is 6.44. The van der Waals surface area contributed by atoms with Gasteiger partial charge in [-0.25, -0.2) is 4.79 Å². The molecule has 3 fully saturated rings. The molecule has 5 rings (SSSR count). The van der Waals surface area contributed by atoms with E-state index in [-0.39, 0.29) is 17.1 Å². The molecule has 2 N–H and O–H groups in total. The number of methoxy groups -OCH3 is 1. The lowest BCUT2D eigenvalue weighted by Gasteiger charge is -2.50. The molecule has 2 aromatic rings.